The smallest absolute Gasteiger partial charge is 0.168 e. The average molecular weight is 269 g/mol. The fourth-order valence-electron chi connectivity index (χ4n) is 2.64. The third-order valence-electron chi connectivity index (χ3n) is 3.69. The van der Waals surface area contributed by atoms with E-state index in [4.69, 9.17) is 0 Å². The van der Waals surface area contributed by atoms with Gasteiger partial charge in [-0.25, -0.2) is 4.68 Å². The number of Topliss-reactive ketones (excluding diaryl/α,β-unsaturated/α-hetero) is 1. The van der Waals surface area contributed by atoms with Crippen molar-refractivity contribution in [3.63, 3.8) is 0 Å². The molecule has 0 atom stereocenters. The van der Waals surface area contributed by atoms with Crippen LogP contribution in [0.2, 0.25) is 0 Å². The number of benzene rings is 1. The Bertz CT molecular complexity index is 616. The van der Waals surface area contributed by atoms with E-state index >= 15 is 0 Å². The molecule has 0 fully saturated rings. The molecule has 1 aromatic heterocycles. The molecule has 3 rings (SSSR count). The van der Waals surface area contributed by atoms with E-state index in [1.165, 1.54) is 0 Å². The summed E-state index contributed by atoms with van der Waals surface area (Å²) in [6, 6.07) is 9.95. The third kappa shape index (κ3) is 2.22. The van der Waals surface area contributed by atoms with E-state index in [9.17, 15) is 4.79 Å². The quantitative estimate of drug-likeness (QED) is 0.869. The van der Waals surface area contributed by atoms with Crippen LogP contribution in [0.5, 0.6) is 0 Å². The minimum atomic E-state index is 0.152. The Morgan fingerprint density at radius 1 is 1.30 bits per heavy atom. The van der Waals surface area contributed by atoms with Gasteiger partial charge in [0, 0.05) is 25.1 Å². The molecule has 0 spiro atoms. The zero-order chi connectivity index (χ0) is 13.9. The van der Waals surface area contributed by atoms with Gasteiger partial charge in [0.25, 0.3) is 0 Å². The van der Waals surface area contributed by atoms with Gasteiger partial charge < -0.3 is 5.32 Å². The van der Waals surface area contributed by atoms with E-state index in [-0.39, 0.29) is 5.78 Å². The Hall–Kier alpha value is -2.10. The standard InChI is InChI=1S/C16H19N3O/c1-2-13(20)14-15(12-8-4-3-5-9-12)18-19-11-7-6-10-17-16(14)19/h3-5,8-9,17H,2,6-7,10-11H2,1H3. The van der Waals surface area contributed by atoms with Crippen molar-refractivity contribution in [2.24, 2.45) is 0 Å². The number of fused-ring (bicyclic) bond motifs is 1. The normalized spacial score (nSPS) is 14.2. The maximum absolute atomic E-state index is 12.4. The molecule has 20 heavy (non-hydrogen) atoms. The van der Waals surface area contributed by atoms with E-state index < -0.39 is 0 Å². The number of hydrogen-bond donors (Lipinski definition) is 1. The van der Waals surface area contributed by atoms with Crippen LogP contribution in [0.25, 0.3) is 11.3 Å². The van der Waals surface area contributed by atoms with Crippen LogP contribution in [0.15, 0.2) is 30.3 Å². The number of aromatic nitrogens is 2. The lowest BCUT2D eigenvalue weighted by atomic mass is 10.0. The van der Waals surface area contributed by atoms with Crippen molar-refractivity contribution >= 4 is 11.6 Å². The van der Waals surface area contributed by atoms with Crippen LogP contribution in [0.3, 0.4) is 0 Å². The molecular formula is C16H19N3O. The summed E-state index contributed by atoms with van der Waals surface area (Å²) in [5, 5.41) is 8.06. The summed E-state index contributed by atoms with van der Waals surface area (Å²) in [7, 11) is 0. The van der Waals surface area contributed by atoms with Gasteiger partial charge in [-0.3, -0.25) is 4.79 Å². The fourth-order valence-corrected chi connectivity index (χ4v) is 2.64. The van der Waals surface area contributed by atoms with Crippen molar-refractivity contribution < 1.29 is 4.79 Å². The van der Waals surface area contributed by atoms with Crippen molar-refractivity contribution in [2.75, 3.05) is 11.9 Å². The first-order chi connectivity index (χ1) is 9.81. The highest BCUT2D eigenvalue weighted by molar-refractivity contribution is 6.05. The minimum Gasteiger partial charge on any atom is -0.370 e. The molecule has 4 heteroatoms. The van der Waals surface area contributed by atoms with Gasteiger partial charge in [-0.2, -0.15) is 5.10 Å². The number of rotatable bonds is 3. The molecule has 2 aromatic rings. The van der Waals surface area contributed by atoms with E-state index in [0.29, 0.717) is 6.42 Å². The summed E-state index contributed by atoms with van der Waals surface area (Å²) < 4.78 is 1.96. The molecule has 4 nitrogen and oxygen atoms in total. The molecule has 2 heterocycles. The molecule has 1 aliphatic rings. The summed E-state index contributed by atoms with van der Waals surface area (Å²) in [5.74, 6) is 1.05. The van der Waals surface area contributed by atoms with E-state index in [0.717, 1.165) is 48.6 Å². The SMILES string of the molecule is CCC(=O)c1c(-c2ccccc2)nn2c1NCCCC2. The molecule has 104 valence electrons. The average Bonchev–Trinajstić information content (AvgIpc) is 2.70. The number of nitrogens with one attached hydrogen (secondary N) is 1. The highest BCUT2D eigenvalue weighted by Gasteiger charge is 2.24. The maximum atomic E-state index is 12.4. The van der Waals surface area contributed by atoms with Crippen LogP contribution < -0.4 is 5.32 Å². The summed E-state index contributed by atoms with van der Waals surface area (Å²) in [5.41, 5.74) is 2.56. The zero-order valence-electron chi connectivity index (χ0n) is 11.7. The molecule has 0 saturated heterocycles. The van der Waals surface area contributed by atoms with Gasteiger partial charge in [-0.1, -0.05) is 37.3 Å². The zero-order valence-corrected chi connectivity index (χ0v) is 11.7. The molecule has 1 aliphatic heterocycles. The van der Waals surface area contributed by atoms with Crippen LogP contribution in [-0.2, 0) is 6.54 Å². The molecule has 1 aromatic carbocycles. The Kier molecular flexibility index (Phi) is 3.54. The highest BCUT2D eigenvalue weighted by atomic mass is 16.1. The number of hydrogen-bond acceptors (Lipinski definition) is 3. The van der Waals surface area contributed by atoms with E-state index in [1.54, 1.807) is 0 Å². The summed E-state index contributed by atoms with van der Waals surface area (Å²) in [6.45, 7) is 3.68. The lowest BCUT2D eigenvalue weighted by molar-refractivity contribution is 0.0989. The van der Waals surface area contributed by atoms with Gasteiger partial charge in [0.1, 0.15) is 11.5 Å². The van der Waals surface area contributed by atoms with Crippen LogP contribution >= 0.6 is 0 Å². The third-order valence-corrected chi connectivity index (χ3v) is 3.69. The summed E-state index contributed by atoms with van der Waals surface area (Å²) in [6.07, 6.45) is 2.71. The lowest BCUT2D eigenvalue weighted by Crippen LogP contribution is -2.08. The van der Waals surface area contributed by atoms with Gasteiger partial charge in [0.2, 0.25) is 0 Å². The molecular weight excluding hydrogens is 250 g/mol. The Balaban J connectivity index is 2.16. The van der Waals surface area contributed by atoms with Crippen molar-refractivity contribution in [2.45, 2.75) is 32.7 Å². The second-order valence-electron chi connectivity index (χ2n) is 5.07. The topological polar surface area (TPSA) is 46.9 Å². The largest absolute Gasteiger partial charge is 0.370 e. The molecule has 0 bridgehead atoms. The van der Waals surface area contributed by atoms with Crippen molar-refractivity contribution in [3.05, 3.63) is 35.9 Å². The number of anilines is 1. The van der Waals surface area contributed by atoms with Gasteiger partial charge >= 0.3 is 0 Å². The van der Waals surface area contributed by atoms with Crippen molar-refractivity contribution in [1.29, 1.82) is 0 Å². The first kappa shape index (κ1) is 12.9. The monoisotopic (exact) mass is 269 g/mol. The van der Waals surface area contributed by atoms with Crippen LogP contribution in [0.4, 0.5) is 5.82 Å². The number of carbonyl (C=O) groups is 1. The Labute approximate surface area is 118 Å². The maximum Gasteiger partial charge on any atom is 0.168 e. The predicted molar refractivity (Wildman–Crippen MR) is 80.0 cm³/mol. The van der Waals surface area contributed by atoms with Crippen LogP contribution in [0.1, 0.15) is 36.5 Å². The van der Waals surface area contributed by atoms with Gasteiger partial charge in [-0.15, -0.1) is 0 Å². The molecule has 0 unspecified atom stereocenters. The number of nitrogens with zero attached hydrogens (tertiary/aromatic N) is 2. The fraction of sp³-hybridized carbons (Fsp3) is 0.375. The van der Waals surface area contributed by atoms with Gasteiger partial charge in [-0.05, 0) is 12.8 Å². The van der Waals surface area contributed by atoms with Crippen LogP contribution in [-0.4, -0.2) is 22.1 Å². The predicted octanol–water partition coefficient (Wildman–Crippen LogP) is 3.35. The number of aryl methyl sites for hydroxylation is 1. The van der Waals surface area contributed by atoms with Crippen LogP contribution in [0, 0.1) is 0 Å². The van der Waals surface area contributed by atoms with E-state index in [2.05, 4.69) is 10.4 Å². The summed E-state index contributed by atoms with van der Waals surface area (Å²) in [4.78, 5) is 12.4. The Morgan fingerprint density at radius 3 is 2.85 bits per heavy atom. The number of carbonyl (C=O) groups excluding carboxylic acids is 1. The highest BCUT2D eigenvalue weighted by Crippen LogP contribution is 2.31. The molecule has 0 amide bonds. The number of ketones is 1. The molecule has 0 saturated carbocycles. The Morgan fingerprint density at radius 2 is 2.10 bits per heavy atom. The van der Waals surface area contributed by atoms with Crippen molar-refractivity contribution in [3.8, 4) is 11.3 Å². The molecule has 0 aliphatic carbocycles. The molecule has 1 N–H and O–H groups in total. The van der Waals surface area contributed by atoms with E-state index in [1.807, 2.05) is 41.9 Å². The molecule has 0 radical (unpaired) electrons. The second kappa shape index (κ2) is 5.49. The van der Waals surface area contributed by atoms with Gasteiger partial charge in [0.15, 0.2) is 5.78 Å². The first-order valence-electron chi connectivity index (χ1n) is 7.24. The second-order valence-corrected chi connectivity index (χ2v) is 5.07. The van der Waals surface area contributed by atoms with Crippen molar-refractivity contribution in [1.82, 2.24) is 9.78 Å². The summed E-state index contributed by atoms with van der Waals surface area (Å²) >= 11 is 0. The van der Waals surface area contributed by atoms with Gasteiger partial charge in [0.05, 0.1) is 5.56 Å². The minimum absolute atomic E-state index is 0.152. The lowest BCUT2D eigenvalue weighted by Gasteiger charge is -2.06. The first-order valence-corrected chi connectivity index (χ1v) is 7.24.